The molecule has 1 aromatic rings. The van der Waals surface area contributed by atoms with Crippen LogP contribution in [0.5, 0.6) is 0 Å². The molecule has 1 N–H and O–H groups in total. The van der Waals surface area contributed by atoms with Crippen molar-refractivity contribution in [1.29, 1.82) is 0 Å². The highest BCUT2D eigenvalue weighted by atomic mass is 32.2. The Kier molecular flexibility index (Phi) is 4.56. The molecular weight excluding hydrogens is 246 g/mol. The lowest BCUT2D eigenvalue weighted by molar-refractivity contribution is 0.516. The monoisotopic (exact) mass is 269 g/mol. The lowest BCUT2D eigenvalue weighted by Gasteiger charge is -2.36. The van der Waals surface area contributed by atoms with Crippen molar-refractivity contribution < 1.29 is 4.42 Å². The summed E-state index contributed by atoms with van der Waals surface area (Å²) in [4.78, 5) is 6.81. The van der Waals surface area contributed by atoms with Crippen LogP contribution in [0, 0.1) is 0 Å². The van der Waals surface area contributed by atoms with Crippen molar-refractivity contribution in [3.05, 3.63) is 12.0 Å². The standard InChI is InChI=1S/C13H23N3OS/c1-4-5-14-8-11-9-17-12(15-11)16-6-7-18-13(2,3)10-16/h9,14H,4-8,10H2,1-3H3. The topological polar surface area (TPSA) is 41.3 Å². The minimum absolute atomic E-state index is 0.285. The Bertz CT molecular complexity index is 378. The first-order chi connectivity index (χ1) is 8.61. The Hall–Kier alpha value is -0.680. The van der Waals surface area contributed by atoms with E-state index >= 15 is 0 Å². The van der Waals surface area contributed by atoms with Crippen LogP contribution in [0.1, 0.15) is 32.9 Å². The lowest BCUT2D eigenvalue weighted by Crippen LogP contribution is -2.43. The number of anilines is 1. The highest BCUT2D eigenvalue weighted by Gasteiger charge is 2.29. The molecule has 102 valence electrons. The fourth-order valence-corrected chi connectivity index (χ4v) is 3.21. The van der Waals surface area contributed by atoms with Gasteiger partial charge in [-0.05, 0) is 26.8 Å². The minimum Gasteiger partial charge on any atom is -0.432 e. The van der Waals surface area contributed by atoms with Crippen LogP contribution in [0.2, 0.25) is 0 Å². The van der Waals surface area contributed by atoms with Crippen LogP contribution in [0.4, 0.5) is 6.01 Å². The molecule has 0 bridgehead atoms. The lowest BCUT2D eigenvalue weighted by atomic mass is 10.2. The van der Waals surface area contributed by atoms with Gasteiger partial charge in [0.2, 0.25) is 0 Å². The molecule has 0 spiro atoms. The second kappa shape index (κ2) is 5.97. The predicted octanol–water partition coefficient (Wildman–Crippen LogP) is 2.51. The molecule has 0 aliphatic carbocycles. The van der Waals surface area contributed by atoms with Crippen molar-refractivity contribution in [1.82, 2.24) is 10.3 Å². The van der Waals surface area contributed by atoms with E-state index < -0.39 is 0 Å². The third-order valence-corrected chi connectivity index (χ3v) is 4.27. The van der Waals surface area contributed by atoms with E-state index in [0.717, 1.165) is 50.1 Å². The Labute approximate surface area is 114 Å². The van der Waals surface area contributed by atoms with E-state index in [-0.39, 0.29) is 4.75 Å². The summed E-state index contributed by atoms with van der Waals surface area (Å²) in [5.41, 5.74) is 0.995. The van der Waals surface area contributed by atoms with Crippen LogP contribution in [0.15, 0.2) is 10.7 Å². The second-order valence-corrected chi connectivity index (χ2v) is 7.13. The van der Waals surface area contributed by atoms with Gasteiger partial charge in [0.25, 0.3) is 6.01 Å². The van der Waals surface area contributed by atoms with Gasteiger partial charge in [-0.2, -0.15) is 16.7 Å². The van der Waals surface area contributed by atoms with E-state index in [0.29, 0.717) is 0 Å². The number of nitrogens with zero attached hydrogens (tertiary/aromatic N) is 2. The molecule has 0 unspecified atom stereocenters. The van der Waals surface area contributed by atoms with Gasteiger partial charge < -0.3 is 14.6 Å². The molecule has 0 atom stereocenters. The number of rotatable bonds is 5. The van der Waals surface area contributed by atoms with Gasteiger partial charge >= 0.3 is 0 Å². The number of nitrogens with one attached hydrogen (secondary N) is 1. The van der Waals surface area contributed by atoms with E-state index in [4.69, 9.17) is 4.42 Å². The maximum atomic E-state index is 5.59. The van der Waals surface area contributed by atoms with Crippen LogP contribution in [0.3, 0.4) is 0 Å². The molecule has 4 nitrogen and oxygen atoms in total. The largest absolute Gasteiger partial charge is 0.432 e. The van der Waals surface area contributed by atoms with Crippen molar-refractivity contribution >= 4 is 17.8 Å². The number of oxazole rings is 1. The fourth-order valence-electron chi connectivity index (χ4n) is 2.10. The summed E-state index contributed by atoms with van der Waals surface area (Å²) in [6.45, 7) is 10.6. The Morgan fingerprint density at radius 2 is 2.39 bits per heavy atom. The number of hydrogen-bond donors (Lipinski definition) is 1. The van der Waals surface area contributed by atoms with E-state index in [1.807, 2.05) is 11.8 Å². The highest BCUT2D eigenvalue weighted by molar-refractivity contribution is 8.00. The van der Waals surface area contributed by atoms with Crippen LogP contribution < -0.4 is 10.2 Å². The van der Waals surface area contributed by atoms with E-state index in [1.165, 1.54) is 0 Å². The zero-order chi connectivity index (χ0) is 13.0. The molecule has 0 amide bonds. The number of thioether (sulfide) groups is 1. The molecule has 0 saturated carbocycles. The van der Waals surface area contributed by atoms with Crippen molar-refractivity contribution in [2.24, 2.45) is 0 Å². The molecule has 0 aromatic carbocycles. The molecular formula is C13H23N3OS. The summed E-state index contributed by atoms with van der Waals surface area (Å²) in [6, 6.07) is 0.775. The van der Waals surface area contributed by atoms with Gasteiger partial charge in [-0.15, -0.1) is 0 Å². The molecule has 1 fully saturated rings. The SMILES string of the molecule is CCCNCc1coc(N2CCSC(C)(C)C2)n1. The first-order valence-electron chi connectivity index (χ1n) is 6.65. The van der Waals surface area contributed by atoms with Crippen LogP contribution in [-0.2, 0) is 6.54 Å². The Balaban J connectivity index is 1.92. The van der Waals surface area contributed by atoms with Crippen molar-refractivity contribution in [3.8, 4) is 0 Å². The first kappa shape index (κ1) is 13.7. The molecule has 5 heteroatoms. The maximum Gasteiger partial charge on any atom is 0.297 e. The van der Waals surface area contributed by atoms with E-state index in [2.05, 4.69) is 36.0 Å². The normalized spacial score (nSPS) is 19.2. The average molecular weight is 269 g/mol. The summed E-state index contributed by atoms with van der Waals surface area (Å²) in [6.07, 6.45) is 2.91. The quantitative estimate of drug-likeness (QED) is 0.832. The molecule has 1 aliphatic heterocycles. The number of aromatic nitrogens is 1. The van der Waals surface area contributed by atoms with Crippen molar-refractivity contribution in [3.63, 3.8) is 0 Å². The predicted molar refractivity (Wildman–Crippen MR) is 77.3 cm³/mol. The van der Waals surface area contributed by atoms with Crippen molar-refractivity contribution in [2.45, 2.75) is 38.5 Å². The van der Waals surface area contributed by atoms with Crippen molar-refractivity contribution in [2.75, 3.05) is 30.3 Å². The van der Waals surface area contributed by atoms with E-state index in [9.17, 15) is 0 Å². The summed E-state index contributed by atoms with van der Waals surface area (Å²) >= 11 is 2.02. The molecule has 2 rings (SSSR count). The summed E-state index contributed by atoms with van der Waals surface area (Å²) in [7, 11) is 0. The zero-order valence-electron chi connectivity index (χ0n) is 11.5. The summed E-state index contributed by atoms with van der Waals surface area (Å²) in [5, 5.41) is 3.34. The van der Waals surface area contributed by atoms with Crippen LogP contribution in [-0.4, -0.2) is 35.1 Å². The van der Waals surface area contributed by atoms with Gasteiger partial charge in [0.1, 0.15) is 6.26 Å². The third kappa shape index (κ3) is 3.65. The van der Waals surface area contributed by atoms with Gasteiger partial charge in [0, 0.05) is 30.1 Å². The average Bonchev–Trinajstić information content (AvgIpc) is 2.77. The highest BCUT2D eigenvalue weighted by Crippen LogP contribution is 2.31. The molecule has 1 aliphatic rings. The smallest absolute Gasteiger partial charge is 0.297 e. The summed E-state index contributed by atoms with van der Waals surface area (Å²) < 4.78 is 5.88. The minimum atomic E-state index is 0.285. The Morgan fingerprint density at radius 3 is 3.11 bits per heavy atom. The zero-order valence-corrected chi connectivity index (χ0v) is 12.3. The van der Waals surface area contributed by atoms with Gasteiger partial charge in [0.05, 0.1) is 5.69 Å². The van der Waals surface area contributed by atoms with E-state index in [1.54, 1.807) is 6.26 Å². The van der Waals surface area contributed by atoms with Gasteiger partial charge in [-0.3, -0.25) is 0 Å². The first-order valence-corrected chi connectivity index (χ1v) is 7.63. The summed E-state index contributed by atoms with van der Waals surface area (Å²) in [5.74, 6) is 1.14. The Morgan fingerprint density at radius 1 is 1.56 bits per heavy atom. The molecule has 0 radical (unpaired) electrons. The molecule has 1 saturated heterocycles. The van der Waals surface area contributed by atoms with Crippen LogP contribution >= 0.6 is 11.8 Å². The molecule has 1 aromatic heterocycles. The fraction of sp³-hybridized carbons (Fsp3) is 0.769. The maximum absolute atomic E-state index is 5.59. The van der Waals surface area contributed by atoms with Gasteiger partial charge in [-0.1, -0.05) is 6.92 Å². The van der Waals surface area contributed by atoms with Gasteiger partial charge in [0.15, 0.2) is 0 Å². The van der Waals surface area contributed by atoms with Gasteiger partial charge in [-0.25, -0.2) is 0 Å². The third-order valence-electron chi connectivity index (χ3n) is 2.97. The number of hydrogen-bond acceptors (Lipinski definition) is 5. The van der Waals surface area contributed by atoms with Crippen LogP contribution in [0.25, 0.3) is 0 Å². The second-order valence-electron chi connectivity index (χ2n) is 5.33. The molecule has 18 heavy (non-hydrogen) atoms. The molecule has 2 heterocycles.